The molecule has 21 heavy (non-hydrogen) atoms. The molecule has 0 amide bonds. The highest BCUT2D eigenvalue weighted by Gasteiger charge is 2.16. The number of nitrogens with zero attached hydrogens (tertiary/aromatic N) is 2. The molecule has 2 aromatic rings. The molecule has 0 bridgehead atoms. The van der Waals surface area contributed by atoms with E-state index in [1.54, 1.807) is 13.3 Å². The number of thiophene rings is 1. The van der Waals surface area contributed by atoms with Crippen molar-refractivity contribution in [1.82, 2.24) is 4.98 Å². The second-order valence-corrected chi connectivity index (χ2v) is 6.33. The number of aryl methyl sites for hydroxylation is 1. The first-order chi connectivity index (χ1) is 10.1. The van der Waals surface area contributed by atoms with E-state index >= 15 is 0 Å². The first-order valence-corrected chi connectivity index (χ1v) is 7.94. The summed E-state index contributed by atoms with van der Waals surface area (Å²) in [5, 5.41) is 3.55. The third-order valence-corrected chi connectivity index (χ3v) is 4.80. The standard InChI is InChI=1S/C16H23N3OS/c1-6-12-7-8-14(21-12)11(2)18-15-13(19(3)4)9-10-17-16(15)20-5/h7-11,18H,6H2,1-5H3. The lowest BCUT2D eigenvalue weighted by atomic mass is 10.2. The largest absolute Gasteiger partial charge is 0.479 e. The van der Waals surface area contributed by atoms with E-state index in [0.717, 1.165) is 17.8 Å². The van der Waals surface area contributed by atoms with Crippen molar-refractivity contribution in [2.45, 2.75) is 26.3 Å². The van der Waals surface area contributed by atoms with Gasteiger partial charge in [0.05, 0.1) is 18.8 Å². The van der Waals surface area contributed by atoms with Crippen LogP contribution in [0.3, 0.4) is 0 Å². The van der Waals surface area contributed by atoms with E-state index < -0.39 is 0 Å². The molecule has 1 unspecified atom stereocenters. The van der Waals surface area contributed by atoms with Crippen LogP contribution in [0, 0.1) is 0 Å². The van der Waals surface area contributed by atoms with Crippen LogP contribution in [-0.4, -0.2) is 26.2 Å². The zero-order valence-corrected chi connectivity index (χ0v) is 14.1. The fraction of sp³-hybridized carbons (Fsp3) is 0.438. The number of hydrogen-bond acceptors (Lipinski definition) is 5. The molecule has 0 saturated carbocycles. The molecule has 1 atom stereocenters. The molecule has 0 fully saturated rings. The lowest BCUT2D eigenvalue weighted by molar-refractivity contribution is 0.399. The fourth-order valence-corrected chi connectivity index (χ4v) is 3.16. The smallest absolute Gasteiger partial charge is 0.239 e. The first kappa shape index (κ1) is 15.6. The van der Waals surface area contributed by atoms with E-state index in [9.17, 15) is 0 Å². The van der Waals surface area contributed by atoms with Gasteiger partial charge in [-0.05, 0) is 31.5 Å². The lowest BCUT2D eigenvalue weighted by Gasteiger charge is -2.22. The van der Waals surface area contributed by atoms with E-state index in [2.05, 4.69) is 41.2 Å². The molecule has 0 aromatic carbocycles. The molecule has 114 valence electrons. The van der Waals surface area contributed by atoms with E-state index in [1.807, 2.05) is 31.5 Å². The minimum absolute atomic E-state index is 0.215. The predicted molar refractivity (Wildman–Crippen MR) is 90.9 cm³/mol. The van der Waals surface area contributed by atoms with Crippen LogP contribution in [-0.2, 0) is 6.42 Å². The number of ether oxygens (including phenoxy) is 1. The van der Waals surface area contributed by atoms with Crippen LogP contribution in [0.15, 0.2) is 24.4 Å². The Morgan fingerprint density at radius 2 is 2.10 bits per heavy atom. The normalized spacial score (nSPS) is 12.0. The monoisotopic (exact) mass is 305 g/mol. The molecule has 4 nitrogen and oxygen atoms in total. The molecule has 5 heteroatoms. The van der Waals surface area contributed by atoms with Crippen molar-refractivity contribution >= 4 is 22.7 Å². The maximum absolute atomic E-state index is 5.40. The molecule has 0 spiro atoms. The Bertz CT molecular complexity index is 595. The van der Waals surface area contributed by atoms with Gasteiger partial charge in [-0.1, -0.05) is 6.92 Å². The van der Waals surface area contributed by atoms with Crippen LogP contribution >= 0.6 is 11.3 Å². The molecule has 2 rings (SSSR count). The maximum atomic E-state index is 5.40. The van der Waals surface area contributed by atoms with Crippen molar-refractivity contribution in [2.75, 3.05) is 31.4 Å². The van der Waals surface area contributed by atoms with Gasteiger partial charge in [-0.3, -0.25) is 0 Å². The van der Waals surface area contributed by atoms with Gasteiger partial charge in [0, 0.05) is 30.0 Å². The van der Waals surface area contributed by atoms with Crippen LogP contribution in [0.25, 0.3) is 0 Å². The molecule has 1 N–H and O–H groups in total. The zero-order valence-electron chi connectivity index (χ0n) is 13.3. The van der Waals surface area contributed by atoms with Crippen molar-refractivity contribution < 1.29 is 4.74 Å². The van der Waals surface area contributed by atoms with Gasteiger partial charge in [0.15, 0.2) is 0 Å². The number of anilines is 2. The minimum Gasteiger partial charge on any atom is -0.479 e. The van der Waals surface area contributed by atoms with E-state index in [-0.39, 0.29) is 6.04 Å². The number of pyridine rings is 1. The van der Waals surface area contributed by atoms with Crippen molar-refractivity contribution in [3.05, 3.63) is 34.2 Å². The molecule has 0 aliphatic heterocycles. The number of rotatable bonds is 6. The van der Waals surface area contributed by atoms with Gasteiger partial charge in [0.1, 0.15) is 5.69 Å². The highest BCUT2D eigenvalue weighted by Crippen LogP contribution is 2.36. The van der Waals surface area contributed by atoms with Crippen LogP contribution in [0.5, 0.6) is 5.88 Å². The summed E-state index contributed by atoms with van der Waals surface area (Å²) in [4.78, 5) is 9.09. The molecule has 2 heterocycles. The minimum atomic E-state index is 0.215. The highest BCUT2D eigenvalue weighted by atomic mass is 32.1. The van der Waals surface area contributed by atoms with Gasteiger partial charge in [-0.15, -0.1) is 11.3 Å². The molecule has 0 saturated heterocycles. The van der Waals surface area contributed by atoms with Gasteiger partial charge in [-0.2, -0.15) is 0 Å². The van der Waals surface area contributed by atoms with E-state index in [0.29, 0.717) is 5.88 Å². The predicted octanol–water partition coefficient (Wildman–Crippen LogP) is 3.95. The lowest BCUT2D eigenvalue weighted by Crippen LogP contribution is -2.15. The second kappa shape index (κ2) is 6.80. The van der Waals surface area contributed by atoms with E-state index in [1.165, 1.54) is 9.75 Å². The summed E-state index contributed by atoms with van der Waals surface area (Å²) >= 11 is 1.85. The van der Waals surface area contributed by atoms with E-state index in [4.69, 9.17) is 4.74 Å². The Morgan fingerprint density at radius 1 is 1.33 bits per heavy atom. The number of methoxy groups -OCH3 is 1. The molecule has 2 aromatic heterocycles. The number of aromatic nitrogens is 1. The van der Waals surface area contributed by atoms with Gasteiger partial charge < -0.3 is 15.0 Å². The summed E-state index contributed by atoms with van der Waals surface area (Å²) in [6, 6.07) is 6.60. The Labute approximate surface area is 130 Å². The van der Waals surface area contributed by atoms with Crippen molar-refractivity contribution in [3.8, 4) is 5.88 Å². The van der Waals surface area contributed by atoms with Crippen molar-refractivity contribution in [2.24, 2.45) is 0 Å². The van der Waals surface area contributed by atoms with Crippen LogP contribution < -0.4 is 15.0 Å². The van der Waals surface area contributed by atoms with Gasteiger partial charge in [-0.25, -0.2) is 4.98 Å². The Morgan fingerprint density at radius 3 is 2.67 bits per heavy atom. The second-order valence-electron chi connectivity index (χ2n) is 5.13. The summed E-state index contributed by atoms with van der Waals surface area (Å²) < 4.78 is 5.40. The van der Waals surface area contributed by atoms with Crippen molar-refractivity contribution in [3.63, 3.8) is 0 Å². The van der Waals surface area contributed by atoms with Crippen LogP contribution in [0.4, 0.5) is 11.4 Å². The summed E-state index contributed by atoms with van der Waals surface area (Å²) in [5.41, 5.74) is 2.00. The van der Waals surface area contributed by atoms with Crippen LogP contribution in [0.2, 0.25) is 0 Å². The Hall–Kier alpha value is -1.75. The summed E-state index contributed by atoms with van der Waals surface area (Å²) in [6.45, 7) is 4.35. The molecular formula is C16H23N3OS. The third kappa shape index (κ3) is 3.47. The fourth-order valence-electron chi connectivity index (χ4n) is 2.20. The SMILES string of the molecule is CCc1ccc(C(C)Nc2c(N(C)C)ccnc2OC)s1. The average Bonchev–Trinajstić information content (AvgIpc) is 2.96. The first-order valence-electron chi connectivity index (χ1n) is 7.12. The third-order valence-electron chi connectivity index (χ3n) is 3.39. The van der Waals surface area contributed by atoms with Crippen LogP contribution in [0.1, 0.15) is 29.6 Å². The van der Waals surface area contributed by atoms with Crippen molar-refractivity contribution in [1.29, 1.82) is 0 Å². The van der Waals surface area contributed by atoms with Gasteiger partial charge in [0.25, 0.3) is 0 Å². The van der Waals surface area contributed by atoms with Gasteiger partial charge in [0.2, 0.25) is 5.88 Å². The number of hydrogen-bond donors (Lipinski definition) is 1. The molecule has 0 aliphatic rings. The molecular weight excluding hydrogens is 282 g/mol. The zero-order chi connectivity index (χ0) is 15.4. The molecule has 0 radical (unpaired) electrons. The highest BCUT2D eigenvalue weighted by molar-refractivity contribution is 7.12. The maximum Gasteiger partial charge on any atom is 0.239 e. The number of nitrogens with one attached hydrogen (secondary N) is 1. The quantitative estimate of drug-likeness (QED) is 0.877. The summed E-state index contributed by atoms with van der Waals surface area (Å²) in [6.07, 6.45) is 2.85. The summed E-state index contributed by atoms with van der Waals surface area (Å²) in [7, 11) is 5.69. The Balaban J connectivity index is 2.29. The summed E-state index contributed by atoms with van der Waals surface area (Å²) in [5.74, 6) is 0.625. The topological polar surface area (TPSA) is 37.4 Å². The average molecular weight is 305 g/mol. The van der Waals surface area contributed by atoms with Gasteiger partial charge >= 0.3 is 0 Å². The Kier molecular flexibility index (Phi) is 5.07. The molecule has 0 aliphatic carbocycles.